The molecule has 3 aromatic heterocycles. The SMILES string of the molecule is Cn1c(-c2cc3ccccc3o2)cc2sc(C=C3C(=O)c4cc5ccccc5cc4C3=O)cc21. The fraction of sp³-hybridized carbons (Fsp3) is 0.0345. The van der Waals surface area contributed by atoms with Gasteiger partial charge in [-0.25, -0.2) is 0 Å². The molecule has 1 aliphatic rings. The zero-order chi connectivity index (χ0) is 23.0. The maximum absolute atomic E-state index is 13.1. The van der Waals surface area contributed by atoms with Crippen molar-refractivity contribution >= 4 is 60.9 Å². The van der Waals surface area contributed by atoms with Crippen LogP contribution in [-0.4, -0.2) is 16.1 Å². The molecule has 0 fully saturated rings. The molecule has 1 aliphatic carbocycles. The van der Waals surface area contributed by atoms with Crippen LogP contribution in [0.3, 0.4) is 0 Å². The van der Waals surface area contributed by atoms with Crippen LogP contribution in [0, 0.1) is 0 Å². The Morgan fingerprint density at radius 2 is 1.44 bits per heavy atom. The number of ketones is 2. The Hall–Kier alpha value is -4.22. The molecule has 34 heavy (non-hydrogen) atoms. The zero-order valence-electron chi connectivity index (χ0n) is 18.2. The molecule has 5 heteroatoms. The molecule has 6 aromatic rings. The van der Waals surface area contributed by atoms with Gasteiger partial charge in [0.15, 0.2) is 17.3 Å². The number of carbonyl (C=O) groups is 2. The summed E-state index contributed by atoms with van der Waals surface area (Å²) >= 11 is 1.56. The first-order chi connectivity index (χ1) is 16.6. The van der Waals surface area contributed by atoms with E-state index in [0.29, 0.717) is 11.1 Å². The Kier molecular flexibility index (Phi) is 3.90. The van der Waals surface area contributed by atoms with Crippen molar-refractivity contribution in [2.24, 2.45) is 7.05 Å². The summed E-state index contributed by atoms with van der Waals surface area (Å²) in [5.41, 5.74) is 4.09. The van der Waals surface area contributed by atoms with Crippen LogP contribution in [0.25, 0.3) is 49.5 Å². The standard InChI is InChI=1S/C29H17NO3S/c1-30-23(26-12-18-8-4-5-9-25(18)33-26)15-27-24(30)14-19(34-27)13-22-28(31)20-10-16-6-2-3-7-17(16)11-21(20)29(22)32/h2-15H,1H3. The molecule has 0 spiro atoms. The Morgan fingerprint density at radius 3 is 2.09 bits per heavy atom. The minimum Gasteiger partial charge on any atom is -0.455 e. The molecular formula is C29H17NO3S. The summed E-state index contributed by atoms with van der Waals surface area (Å²) < 4.78 is 9.21. The molecule has 0 N–H and O–H groups in total. The smallest absolute Gasteiger partial charge is 0.197 e. The van der Waals surface area contributed by atoms with Crippen molar-refractivity contribution in [2.45, 2.75) is 0 Å². The first-order valence-corrected chi connectivity index (χ1v) is 11.8. The summed E-state index contributed by atoms with van der Waals surface area (Å²) in [6.45, 7) is 0. The van der Waals surface area contributed by atoms with Crippen LogP contribution in [0.1, 0.15) is 25.6 Å². The maximum Gasteiger partial charge on any atom is 0.197 e. The predicted octanol–water partition coefficient (Wildman–Crippen LogP) is 7.27. The molecule has 0 aliphatic heterocycles. The second kappa shape index (κ2) is 6.89. The van der Waals surface area contributed by atoms with Gasteiger partial charge >= 0.3 is 0 Å². The minimum absolute atomic E-state index is 0.203. The largest absolute Gasteiger partial charge is 0.455 e. The summed E-state index contributed by atoms with van der Waals surface area (Å²) in [5.74, 6) is 0.410. The van der Waals surface area contributed by atoms with E-state index in [1.165, 1.54) is 0 Å². The topological polar surface area (TPSA) is 52.2 Å². The van der Waals surface area contributed by atoms with Crippen molar-refractivity contribution in [2.75, 3.05) is 0 Å². The van der Waals surface area contributed by atoms with Gasteiger partial charge in [-0.15, -0.1) is 11.3 Å². The lowest BCUT2D eigenvalue weighted by Gasteiger charge is -2.00. The molecule has 0 amide bonds. The molecule has 0 bridgehead atoms. The van der Waals surface area contributed by atoms with Crippen LogP contribution in [0.4, 0.5) is 0 Å². The number of hydrogen-bond donors (Lipinski definition) is 0. The summed E-state index contributed by atoms with van der Waals surface area (Å²) in [6.07, 6.45) is 1.74. The number of nitrogens with zero attached hydrogens (tertiary/aromatic N) is 1. The lowest BCUT2D eigenvalue weighted by molar-refractivity contribution is 0.0990. The van der Waals surface area contributed by atoms with Gasteiger partial charge in [-0.2, -0.15) is 0 Å². The fourth-order valence-corrected chi connectivity index (χ4v) is 5.90. The monoisotopic (exact) mass is 459 g/mol. The molecule has 162 valence electrons. The molecule has 0 saturated carbocycles. The third-order valence-electron chi connectivity index (χ3n) is 6.58. The van der Waals surface area contributed by atoms with Gasteiger partial charge in [0.1, 0.15) is 5.58 Å². The van der Waals surface area contributed by atoms with Crippen LogP contribution in [-0.2, 0) is 7.05 Å². The molecule has 0 radical (unpaired) electrons. The van der Waals surface area contributed by atoms with E-state index in [1.54, 1.807) is 17.4 Å². The fourth-order valence-electron chi connectivity index (χ4n) is 4.83. The van der Waals surface area contributed by atoms with Crippen LogP contribution < -0.4 is 0 Å². The highest BCUT2D eigenvalue weighted by atomic mass is 32.1. The number of hydrogen-bond acceptors (Lipinski definition) is 4. The number of rotatable bonds is 2. The summed E-state index contributed by atoms with van der Waals surface area (Å²) in [4.78, 5) is 27.1. The maximum atomic E-state index is 13.1. The predicted molar refractivity (Wildman–Crippen MR) is 137 cm³/mol. The minimum atomic E-state index is -0.203. The summed E-state index contributed by atoms with van der Waals surface area (Å²) in [7, 11) is 2.00. The molecule has 3 aromatic carbocycles. The highest BCUT2D eigenvalue weighted by molar-refractivity contribution is 7.19. The van der Waals surface area contributed by atoms with Gasteiger partial charge in [0, 0.05) is 28.4 Å². The zero-order valence-corrected chi connectivity index (χ0v) is 19.0. The average Bonchev–Trinajstić information content (AvgIpc) is 3.58. The molecule has 0 unspecified atom stereocenters. The van der Waals surface area contributed by atoms with E-state index in [9.17, 15) is 9.59 Å². The normalized spacial score (nSPS) is 13.5. The van der Waals surface area contributed by atoms with Crippen molar-refractivity contribution in [1.82, 2.24) is 4.57 Å². The van der Waals surface area contributed by atoms with E-state index in [2.05, 4.69) is 10.6 Å². The first kappa shape index (κ1) is 19.3. The lowest BCUT2D eigenvalue weighted by atomic mass is 10.0. The number of aromatic nitrogens is 1. The second-order valence-electron chi connectivity index (χ2n) is 8.60. The Bertz CT molecular complexity index is 1770. The molecule has 0 atom stereocenters. The van der Waals surface area contributed by atoms with E-state index in [1.807, 2.05) is 79.8 Å². The molecule has 4 nitrogen and oxygen atoms in total. The number of Topliss-reactive ketones (excluding diaryl/α,β-unsaturated/α-hetero) is 2. The van der Waals surface area contributed by atoms with Crippen molar-refractivity contribution in [3.8, 4) is 11.5 Å². The van der Waals surface area contributed by atoms with Gasteiger partial charge < -0.3 is 8.98 Å². The Labute approximate surface area is 198 Å². The number of para-hydroxylation sites is 1. The van der Waals surface area contributed by atoms with Gasteiger partial charge in [0.25, 0.3) is 0 Å². The van der Waals surface area contributed by atoms with Crippen molar-refractivity contribution in [1.29, 1.82) is 0 Å². The molecular weight excluding hydrogens is 442 g/mol. The van der Waals surface area contributed by atoms with E-state index in [4.69, 9.17) is 4.42 Å². The van der Waals surface area contributed by atoms with Crippen molar-refractivity contribution < 1.29 is 14.0 Å². The quantitative estimate of drug-likeness (QED) is 0.202. The van der Waals surface area contributed by atoms with Crippen molar-refractivity contribution in [3.05, 3.63) is 100 Å². The van der Waals surface area contributed by atoms with E-state index >= 15 is 0 Å². The third kappa shape index (κ3) is 2.71. The number of aryl methyl sites for hydroxylation is 1. The number of benzene rings is 3. The number of thiophene rings is 1. The van der Waals surface area contributed by atoms with E-state index < -0.39 is 0 Å². The lowest BCUT2D eigenvalue weighted by Crippen LogP contribution is -1.99. The summed E-state index contributed by atoms with van der Waals surface area (Å²) in [5, 5.41) is 2.99. The number of fused-ring (bicyclic) bond motifs is 4. The molecule has 0 saturated heterocycles. The average molecular weight is 460 g/mol. The Morgan fingerprint density at radius 1 is 0.794 bits per heavy atom. The van der Waals surface area contributed by atoms with Crippen LogP contribution in [0.15, 0.2) is 88.9 Å². The van der Waals surface area contributed by atoms with Gasteiger partial charge in [0.2, 0.25) is 0 Å². The Balaban J connectivity index is 1.29. The number of allylic oxidation sites excluding steroid dienone is 1. The summed E-state index contributed by atoms with van der Waals surface area (Å²) in [6, 6.07) is 25.6. The molecule has 7 rings (SSSR count). The number of furan rings is 1. The van der Waals surface area contributed by atoms with Crippen LogP contribution in [0.5, 0.6) is 0 Å². The van der Waals surface area contributed by atoms with Crippen LogP contribution in [0.2, 0.25) is 0 Å². The van der Waals surface area contributed by atoms with Gasteiger partial charge in [-0.1, -0.05) is 42.5 Å². The highest BCUT2D eigenvalue weighted by Gasteiger charge is 2.33. The van der Waals surface area contributed by atoms with Gasteiger partial charge in [0.05, 0.1) is 21.5 Å². The first-order valence-electron chi connectivity index (χ1n) is 11.0. The van der Waals surface area contributed by atoms with Gasteiger partial charge in [-0.05, 0) is 53.2 Å². The third-order valence-corrected chi connectivity index (χ3v) is 7.60. The van der Waals surface area contributed by atoms with Crippen molar-refractivity contribution in [3.63, 3.8) is 0 Å². The highest BCUT2D eigenvalue weighted by Crippen LogP contribution is 2.37. The van der Waals surface area contributed by atoms with E-state index in [-0.39, 0.29) is 17.1 Å². The van der Waals surface area contributed by atoms with E-state index in [0.717, 1.165) is 48.3 Å². The van der Waals surface area contributed by atoms with Crippen LogP contribution >= 0.6 is 11.3 Å². The van der Waals surface area contributed by atoms with Gasteiger partial charge in [-0.3, -0.25) is 9.59 Å². The second-order valence-corrected chi connectivity index (χ2v) is 9.71. The number of carbonyl (C=O) groups excluding carboxylic acids is 2. The molecule has 3 heterocycles.